The maximum atomic E-state index is 13.0. The van der Waals surface area contributed by atoms with Crippen molar-refractivity contribution in [2.75, 3.05) is 0 Å². The summed E-state index contributed by atoms with van der Waals surface area (Å²) in [6.07, 6.45) is 2.57. The number of aliphatic hydroxyl groups excluding tert-OH is 1. The molecular weight excluding hydrogens is 241 g/mol. The van der Waals surface area contributed by atoms with Gasteiger partial charge in [0.05, 0.1) is 6.10 Å². The monoisotopic (exact) mass is 259 g/mol. The SMILES string of the molecule is CCc1ccc(CC(O)c2ccc(F)cc2C)nc1. The third-order valence-corrected chi connectivity index (χ3v) is 3.29. The summed E-state index contributed by atoms with van der Waals surface area (Å²) in [5.74, 6) is -0.279. The maximum Gasteiger partial charge on any atom is 0.123 e. The van der Waals surface area contributed by atoms with Gasteiger partial charge < -0.3 is 5.11 Å². The zero-order valence-electron chi connectivity index (χ0n) is 11.2. The molecule has 0 aliphatic heterocycles. The molecule has 1 aromatic carbocycles. The van der Waals surface area contributed by atoms with E-state index in [-0.39, 0.29) is 5.82 Å². The lowest BCUT2D eigenvalue weighted by Gasteiger charge is -2.13. The second-order valence-electron chi connectivity index (χ2n) is 4.73. The molecule has 100 valence electrons. The topological polar surface area (TPSA) is 33.1 Å². The predicted octanol–water partition coefficient (Wildman–Crippen LogP) is 3.37. The summed E-state index contributed by atoms with van der Waals surface area (Å²) in [6, 6.07) is 8.40. The van der Waals surface area contributed by atoms with Crippen LogP contribution in [0.2, 0.25) is 0 Å². The minimum absolute atomic E-state index is 0.279. The van der Waals surface area contributed by atoms with Crippen molar-refractivity contribution < 1.29 is 9.50 Å². The molecule has 0 aliphatic rings. The first-order chi connectivity index (χ1) is 9.10. The van der Waals surface area contributed by atoms with Crippen LogP contribution < -0.4 is 0 Å². The highest BCUT2D eigenvalue weighted by molar-refractivity contribution is 5.29. The number of pyridine rings is 1. The van der Waals surface area contributed by atoms with E-state index in [1.165, 1.54) is 17.7 Å². The molecule has 1 aromatic heterocycles. The quantitative estimate of drug-likeness (QED) is 0.913. The van der Waals surface area contributed by atoms with Crippen LogP contribution in [0.25, 0.3) is 0 Å². The van der Waals surface area contributed by atoms with Crippen LogP contribution >= 0.6 is 0 Å². The summed E-state index contributed by atoms with van der Waals surface area (Å²) in [5, 5.41) is 10.2. The van der Waals surface area contributed by atoms with E-state index >= 15 is 0 Å². The summed E-state index contributed by atoms with van der Waals surface area (Å²) in [6.45, 7) is 3.88. The van der Waals surface area contributed by atoms with Gasteiger partial charge in [0, 0.05) is 18.3 Å². The van der Waals surface area contributed by atoms with Crippen molar-refractivity contribution in [3.63, 3.8) is 0 Å². The number of hydrogen-bond donors (Lipinski definition) is 1. The Morgan fingerprint density at radius 1 is 1.26 bits per heavy atom. The van der Waals surface area contributed by atoms with Crippen LogP contribution in [0.1, 0.15) is 35.4 Å². The highest BCUT2D eigenvalue weighted by Gasteiger charge is 2.12. The van der Waals surface area contributed by atoms with Crippen LogP contribution in [0.15, 0.2) is 36.5 Å². The van der Waals surface area contributed by atoms with Crippen molar-refractivity contribution in [2.24, 2.45) is 0 Å². The van der Waals surface area contributed by atoms with E-state index in [1.54, 1.807) is 13.0 Å². The molecule has 1 unspecified atom stereocenters. The molecule has 0 fully saturated rings. The number of rotatable bonds is 4. The van der Waals surface area contributed by atoms with Crippen molar-refractivity contribution in [3.8, 4) is 0 Å². The molecule has 0 radical (unpaired) electrons. The van der Waals surface area contributed by atoms with Gasteiger partial charge in [-0.1, -0.05) is 19.1 Å². The molecule has 0 spiro atoms. The maximum absolute atomic E-state index is 13.0. The van der Waals surface area contributed by atoms with Crippen LogP contribution in [-0.2, 0) is 12.8 Å². The molecule has 19 heavy (non-hydrogen) atoms. The van der Waals surface area contributed by atoms with Crippen LogP contribution in [-0.4, -0.2) is 10.1 Å². The molecule has 0 saturated heterocycles. The summed E-state index contributed by atoms with van der Waals surface area (Å²) in [7, 11) is 0. The average Bonchev–Trinajstić information content (AvgIpc) is 2.39. The van der Waals surface area contributed by atoms with E-state index in [2.05, 4.69) is 11.9 Å². The molecular formula is C16H18FNO. The van der Waals surface area contributed by atoms with E-state index in [4.69, 9.17) is 0 Å². The second kappa shape index (κ2) is 5.93. The van der Waals surface area contributed by atoms with Crippen molar-refractivity contribution in [1.29, 1.82) is 0 Å². The van der Waals surface area contributed by atoms with Gasteiger partial charge in [-0.3, -0.25) is 4.98 Å². The van der Waals surface area contributed by atoms with Crippen LogP contribution in [0.4, 0.5) is 4.39 Å². The highest BCUT2D eigenvalue weighted by Crippen LogP contribution is 2.21. The molecule has 2 aromatic rings. The van der Waals surface area contributed by atoms with Gasteiger partial charge in [0.1, 0.15) is 5.82 Å². The number of halogens is 1. The molecule has 0 saturated carbocycles. The van der Waals surface area contributed by atoms with Gasteiger partial charge in [-0.2, -0.15) is 0 Å². The number of aliphatic hydroxyl groups is 1. The largest absolute Gasteiger partial charge is 0.388 e. The first kappa shape index (κ1) is 13.7. The average molecular weight is 259 g/mol. The van der Waals surface area contributed by atoms with E-state index < -0.39 is 6.10 Å². The third kappa shape index (κ3) is 3.38. The van der Waals surface area contributed by atoms with E-state index in [0.717, 1.165) is 23.2 Å². The molecule has 2 nitrogen and oxygen atoms in total. The van der Waals surface area contributed by atoms with Gasteiger partial charge in [0.25, 0.3) is 0 Å². The van der Waals surface area contributed by atoms with Gasteiger partial charge in [-0.15, -0.1) is 0 Å². The number of benzene rings is 1. The van der Waals surface area contributed by atoms with Crippen LogP contribution in [0.5, 0.6) is 0 Å². The van der Waals surface area contributed by atoms with Gasteiger partial charge in [0.2, 0.25) is 0 Å². The van der Waals surface area contributed by atoms with Gasteiger partial charge in [-0.05, 0) is 48.2 Å². The summed E-state index contributed by atoms with van der Waals surface area (Å²) in [5.41, 5.74) is 3.53. The first-order valence-corrected chi connectivity index (χ1v) is 6.48. The molecule has 1 atom stereocenters. The summed E-state index contributed by atoms with van der Waals surface area (Å²) in [4.78, 5) is 4.33. The number of hydrogen-bond acceptors (Lipinski definition) is 2. The lowest BCUT2D eigenvalue weighted by Crippen LogP contribution is -2.05. The Morgan fingerprint density at radius 2 is 2.05 bits per heavy atom. The normalized spacial score (nSPS) is 12.4. The van der Waals surface area contributed by atoms with Crippen molar-refractivity contribution in [2.45, 2.75) is 32.8 Å². The van der Waals surface area contributed by atoms with Gasteiger partial charge in [0.15, 0.2) is 0 Å². The van der Waals surface area contributed by atoms with Crippen LogP contribution in [0, 0.1) is 12.7 Å². The first-order valence-electron chi connectivity index (χ1n) is 6.48. The molecule has 0 amide bonds. The molecule has 1 heterocycles. The third-order valence-electron chi connectivity index (χ3n) is 3.29. The Hall–Kier alpha value is -1.74. The molecule has 0 bridgehead atoms. The predicted molar refractivity (Wildman–Crippen MR) is 73.4 cm³/mol. The lowest BCUT2D eigenvalue weighted by molar-refractivity contribution is 0.176. The molecule has 2 rings (SSSR count). The summed E-state index contributed by atoms with van der Waals surface area (Å²) < 4.78 is 13.0. The fraction of sp³-hybridized carbons (Fsp3) is 0.312. The highest BCUT2D eigenvalue weighted by atomic mass is 19.1. The Bertz CT molecular complexity index is 551. The molecule has 3 heteroatoms. The van der Waals surface area contributed by atoms with Crippen LogP contribution in [0.3, 0.4) is 0 Å². The lowest BCUT2D eigenvalue weighted by atomic mass is 9.99. The standard InChI is InChI=1S/C16H18FNO/c1-3-12-4-6-14(18-10-12)9-16(19)15-7-5-13(17)8-11(15)2/h4-8,10,16,19H,3,9H2,1-2H3. The smallest absolute Gasteiger partial charge is 0.123 e. The van der Waals surface area contributed by atoms with Crippen molar-refractivity contribution in [3.05, 3.63) is 64.7 Å². The van der Waals surface area contributed by atoms with E-state index in [0.29, 0.717) is 6.42 Å². The minimum atomic E-state index is -0.652. The Kier molecular flexibility index (Phi) is 4.27. The van der Waals surface area contributed by atoms with E-state index in [1.807, 2.05) is 18.3 Å². The van der Waals surface area contributed by atoms with Gasteiger partial charge in [-0.25, -0.2) is 4.39 Å². The number of nitrogens with zero attached hydrogens (tertiary/aromatic N) is 1. The fourth-order valence-electron chi connectivity index (χ4n) is 2.11. The summed E-state index contributed by atoms with van der Waals surface area (Å²) >= 11 is 0. The zero-order chi connectivity index (χ0) is 13.8. The van der Waals surface area contributed by atoms with E-state index in [9.17, 15) is 9.50 Å². The fourth-order valence-corrected chi connectivity index (χ4v) is 2.11. The Labute approximate surface area is 112 Å². The molecule has 1 N–H and O–H groups in total. The Balaban J connectivity index is 2.13. The van der Waals surface area contributed by atoms with Crippen molar-refractivity contribution >= 4 is 0 Å². The Morgan fingerprint density at radius 3 is 2.63 bits per heavy atom. The zero-order valence-corrected chi connectivity index (χ0v) is 11.2. The van der Waals surface area contributed by atoms with Crippen molar-refractivity contribution in [1.82, 2.24) is 4.98 Å². The molecule has 0 aliphatic carbocycles. The van der Waals surface area contributed by atoms with Gasteiger partial charge >= 0.3 is 0 Å². The minimum Gasteiger partial charge on any atom is -0.388 e. The number of aromatic nitrogens is 1. The number of aryl methyl sites for hydroxylation is 2. The second-order valence-corrected chi connectivity index (χ2v) is 4.73.